The molecule has 0 aliphatic rings. The standard InChI is InChI=1S/C19H25OP/c20-16-10-2-1-3-11-17-21(18-12-6-4-7-13-18)19-14-8-5-9-15-19/h4-9,12-15,20H,1-3,10-11,16-17H2. The molecule has 0 aliphatic carbocycles. The largest absolute Gasteiger partial charge is 0.396 e. The first kappa shape index (κ1) is 16.2. The first-order chi connectivity index (χ1) is 10.4. The van der Waals surface area contributed by atoms with Crippen LogP contribution in [0.25, 0.3) is 0 Å². The van der Waals surface area contributed by atoms with Gasteiger partial charge in [0, 0.05) is 6.61 Å². The number of rotatable bonds is 9. The van der Waals surface area contributed by atoms with Gasteiger partial charge in [0.05, 0.1) is 0 Å². The molecule has 0 unspecified atom stereocenters. The summed E-state index contributed by atoms with van der Waals surface area (Å²) in [7, 11) is -0.225. The second-order valence-electron chi connectivity index (χ2n) is 5.31. The molecular formula is C19H25OP. The maximum atomic E-state index is 8.81. The summed E-state index contributed by atoms with van der Waals surface area (Å²) in [5.74, 6) is 0. The Morgan fingerprint density at radius 1 is 0.619 bits per heavy atom. The highest BCUT2D eigenvalue weighted by molar-refractivity contribution is 7.73. The van der Waals surface area contributed by atoms with Crippen molar-refractivity contribution in [2.45, 2.75) is 32.1 Å². The molecular weight excluding hydrogens is 275 g/mol. The lowest BCUT2D eigenvalue weighted by molar-refractivity contribution is 0.282. The molecule has 2 aromatic rings. The fourth-order valence-corrected chi connectivity index (χ4v) is 4.95. The van der Waals surface area contributed by atoms with Gasteiger partial charge in [-0.3, -0.25) is 0 Å². The van der Waals surface area contributed by atoms with Crippen molar-refractivity contribution in [1.82, 2.24) is 0 Å². The average molecular weight is 300 g/mol. The highest BCUT2D eigenvalue weighted by Gasteiger charge is 2.12. The van der Waals surface area contributed by atoms with Gasteiger partial charge in [-0.2, -0.15) is 0 Å². The Labute approximate surface area is 129 Å². The minimum Gasteiger partial charge on any atom is -0.396 e. The van der Waals surface area contributed by atoms with Crippen LogP contribution in [0.1, 0.15) is 32.1 Å². The van der Waals surface area contributed by atoms with E-state index in [9.17, 15) is 0 Å². The lowest BCUT2D eigenvalue weighted by Gasteiger charge is -2.18. The van der Waals surface area contributed by atoms with Gasteiger partial charge >= 0.3 is 0 Å². The summed E-state index contributed by atoms with van der Waals surface area (Å²) in [6.07, 6.45) is 7.17. The Morgan fingerprint density at radius 2 is 1.10 bits per heavy atom. The average Bonchev–Trinajstić information content (AvgIpc) is 2.56. The second-order valence-corrected chi connectivity index (χ2v) is 7.65. The maximum absolute atomic E-state index is 8.81. The third-order valence-corrected chi connectivity index (χ3v) is 6.28. The van der Waals surface area contributed by atoms with Gasteiger partial charge in [-0.25, -0.2) is 0 Å². The van der Waals surface area contributed by atoms with E-state index in [4.69, 9.17) is 5.11 Å². The van der Waals surface area contributed by atoms with Gasteiger partial charge < -0.3 is 5.11 Å². The number of aliphatic hydroxyl groups is 1. The number of benzene rings is 2. The van der Waals surface area contributed by atoms with Crippen molar-refractivity contribution in [3.63, 3.8) is 0 Å². The van der Waals surface area contributed by atoms with Gasteiger partial charge in [-0.05, 0) is 37.5 Å². The summed E-state index contributed by atoms with van der Waals surface area (Å²) >= 11 is 0. The predicted molar refractivity (Wildman–Crippen MR) is 94.1 cm³/mol. The first-order valence-corrected chi connectivity index (χ1v) is 9.43. The summed E-state index contributed by atoms with van der Waals surface area (Å²) < 4.78 is 0. The fraction of sp³-hybridized carbons (Fsp3) is 0.368. The first-order valence-electron chi connectivity index (χ1n) is 7.90. The van der Waals surface area contributed by atoms with Gasteiger partial charge in [-0.15, -0.1) is 0 Å². The molecule has 0 bridgehead atoms. The molecule has 1 N–H and O–H groups in total. The van der Waals surface area contributed by atoms with Gasteiger partial charge in [0.25, 0.3) is 0 Å². The lowest BCUT2D eigenvalue weighted by atomic mass is 10.2. The van der Waals surface area contributed by atoms with Crippen LogP contribution in [0.3, 0.4) is 0 Å². The van der Waals surface area contributed by atoms with E-state index in [2.05, 4.69) is 60.7 Å². The number of unbranched alkanes of at least 4 members (excludes halogenated alkanes) is 4. The van der Waals surface area contributed by atoms with Crippen molar-refractivity contribution < 1.29 is 5.11 Å². The van der Waals surface area contributed by atoms with Crippen molar-refractivity contribution in [2.24, 2.45) is 0 Å². The van der Waals surface area contributed by atoms with Crippen LogP contribution in [0.15, 0.2) is 60.7 Å². The van der Waals surface area contributed by atoms with Crippen LogP contribution in [-0.2, 0) is 0 Å². The molecule has 21 heavy (non-hydrogen) atoms. The Kier molecular flexibility index (Phi) is 7.49. The quantitative estimate of drug-likeness (QED) is 0.547. The Hall–Kier alpha value is -1.17. The minimum atomic E-state index is -0.225. The van der Waals surface area contributed by atoms with Crippen molar-refractivity contribution in [1.29, 1.82) is 0 Å². The zero-order valence-corrected chi connectivity index (χ0v) is 13.5. The summed E-state index contributed by atoms with van der Waals surface area (Å²) in [6, 6.07) is 21.9. The molecule has 0 saturated carbocycles. The van der Waals surface area contributed by atoms with E-state index in [1.54, 1.807) is 0 Å². The highest BCUT2D eigenvalue weighted by Crippen LogP contribution is 2.34. The molecule has 0 heterocycles. The van der Waals surface area contributed by atoms with Crippen molar-refractivity contribution in [3.8, 4) is 0 Å². The fourth-order valence-electron chi connectivity index (χ4n) is 2.54. The number of aliphatic hydroxyl groups excluding tert-OH is 1. The highest BCUT2D eigenvalue weighted by atomic mass is 31.1. The number of hydrogen-bond donors (Lipinski definition) is 1. The van der Waals surface area contributed by atoms with Crippen molar-refractivity contribution >= 4 is 18.5 Å². The van der Waals surface area contributed by atoms with Crippen LogP contribution in [-0.4, -0.2) is 17.9 Å². The molecule has 0 aromatic heterocycles. The van der Waals surface area contributed by atoms with Crippen LogP contribution in [0.4, 0.5) is 0 Å². The predicted octanol–water partition coefficient (Wildman–Crippen LogP) is 4.06. The zero-order chi connectivity index (χ0) is 14.8. The van der Waals surface area contributed by atoms with Crippen molar-refractivity contribution in [3.05, 3.63) is 60.7 Å². The third kappa shape index (κ3) is 5.61. The smallest absolute Gasteiger partial charge is 0.0431 e. The Morgan fingerprint density at radius 3 is 1.62 bits per heavy atom. The van der Waals surface area contributed by atoms with E-state index in [0.717, 1.165) is 12.8 Å². The molecule has 0 saturated heterocycles. The van der Waals surface area contributed by atoms with Crippen LogP contribution in [0.5, 0.6) is 0 Å². The van der Waals surface area contributed by atoms with E-state index < -0.39 is 0 Å². The lowest BCUT2D eigenvalue weighted by Crippen LogP contribution is -2.13. The van der Waals surface area contributed by atoms with Crippen molar-refractivity contribution in [2.75, 3.05) is 12.8 Å². The summed E-state index contributed by atoms with van der Waals surface area (Å²) in [5, 5.41) is 11.8. The molecule has 112 valence electrons. The minimum absolute atomic E-state index is 0.225. The monoisotopic (exact) mass is 300 g/mol. The summed E-state index contributed by atoms with van der Waals surface area (Å²) in [5.41, 5.74) is 0. The van der Waals surface area contributed by atoms with Crippen LogP contribution in [0, 0.1) is 0 Å². The molecule has 2 aromatic carbocycles. The Balaban J connectivity index is 1.94. The molecule has 0 aliphatic heterocycles. The second kappa shape index (κ2) is 9.71. The molecule has 1 nitrogen and oxygen atoms in total. The molecule has 2 heteroatoms. The third-order valence-electron chi connectivity index (χ3n) is 3.68. The molecule has 0 amide bonds. The van der Waals surface area contributed by atoms with E-state index >= 15 is 0 Å². The molecule has 0 fully saturated rings. The van der Waals surface area contributed by atoms with E-state index in [-0.39, 0.29) is 7.92 Å². The molecule has 0 radical (unpaired) electrons. The van der Waals surface area contributed by atoms with Crippen LogP contribution in [0.2, 0.25) is 0 Å². The molecule has 2 rings (SSSR count). The number of hydrogen-bond acceptors (Lipinski definition) is 1. The van der Waals surface area contributed by atoms with Gasteiger partial charge in [0.1, 0.15) is 0 Å². The summed E-state index contributed by atoms with van der Waals surface area (Å²) in [6.45, 7) is 0.334. The van der Waals surface area contributed by atoms with E-state index in [1.165, 1.54) is 36.0 Å². The summed E-state index contributed by atoms with van der Waals surface area (Å²) in [4.78, 5) is 0. The van der Waals surface area contributed by atoms with Crippen LogP contribution >= 0.6 is 7.92 Å². The van der Waals surface area contributed by atoms with Gasteiger partial charge in [0.15, 0.2) is 0 Å². The SMILES string of the molecule is OCCCCCCCP(c1ccccc1)c1ccccc1. The van der Waals surface area contributed by atoms with Gasteiger partial charge in [-0.1, -0.05) is 79.9 Å². The maximum Gasteiger partial charge on any atom is 0.0431 e. The van der Waals surface area contributed by atoms with Gasteiger partial charge in [0.2, 0.25) is 0 Å². The molecule has 0 atom stereocenters. The zero-order valence-electron chi connectivity index (χ0n) is 12.6. The normalized spacial score (nSPS) is 11.0. The molecule has 0 spiro atoms. The van der Waals surface area contributed by atoms with Crippen LogP contribution < -0.4 is 10.6 Å². The van der Waals surface area contributed by atoms with E-state index in [0.29, 0.717) is 6.61 Å². The van der Waals surface area contributed by atoms with E-state index in [1.807, 2.05) is 0 Å². The topological polar surface area (TPSA) is 20.2 Å². The Bertz CT molecular complexity index is 444.